The minimum atomic E-state index is -0.639. The van der Waals surface area contributed by atoms with Crippen molar-refractivity contribution in [1.82, 2.24) is 15.1 Å². The van der Waals surface area contributed by atoms with Crippen LogP contribution in [-0.2, 0) is 4.79 Å². The number of hydrogen-bond donors (Lipinski definition) is 1. The highest BCUT2D eigenvalue weighted by Crippen LogP contribution is 2.18. The van der Waals surface area contributed by atoms with E-state index in [0.717, 1.165) is 0 Å². The molecule has 2 rings (SSSR count). The number of rotatable bonds is 3. The molecule has 0 aliphatic rings. The summed E-state index contributed by atoms with van der Waals surface area (Å²) in [4.78, 5) is 19.3. The van der Waals surface area contributed by atoms with Crippen LogP contribution in [0.25, 0.3) is 11.4 Å². The van der Waals surface area contributed by atoms with Crippen molar-refractivity contribution in [3.8, 4) is 11.4 Å². The molecule has 1 atom stereocenters. The highest BCUT2D eigenvalue weighted by Gasteiger charge is 2.13. The van der Waals surface area contributed by atoms with Gasteiger partial charge in [-0.3, -0.25) is 20.1 Å². The molecule has 2 aromatic rings. The van der Waals surface area contributed by atoms with Gasteiger partial charge in [-0.2, -0.15) is 0 Å². The summed E-state index contributed by atoms with van der Waals surface area (Å²) in [7, 11) is 0. The third kappa shape index (κ3) is 2.79. The van der Waals surface area contributed by atoms with Crippen molar-refractivity contribution in [2.45, 2.75) is 12.3 Å². The van der Waals surface area contributed by atoms with Crippen LogP contribution in [0.2, 0.25) is 0 Å². The maximum absolute atomic E-state index is 11.3. The summed E-state index contributed by atoms with van der Waals surface area (Å²) in [5, 5.41) is 5.61. The number of aromatic nitrogens is 3. The molecule has 1 N–H and O–H groups in total. The van der Waals surface area contributed by atoms with Crippen molar-refractivity contribution in [3.05, 3.63) is 24.7 Å². The van der Waals surface area contributed by atoms with Gasteiger partial charge in [-0.1, -0.05) is 5.16 Å². The molecule has 0 bridgehead atoms. The Balaban J connectivity index is 2.14. The first-order valence-electron chi connectivity index (χ1n) is 4.85. The molecule has 0 radical (unpaired) electrons. The second kappa shape index (κ2) is 4.92. The van der Waals surface area contributed by atoms with E-state index in [-0.39, 0.29) is 11.8 Å². The highest BCUT2D eigenvalue weighted by molar-refractivity contribution is 6.32. The average molecular weight is 253 g/mol. The molecular weight excluding hydrogens is 244 g/mol. The molecule has 0 aliphatic heterocycles. The lowest BCUT2D eigenvalue weighted by atomic mass is 10.3. The maximum Gasteiger partial charge on any atom is 0.244 e. The fourth-order valence-corrected chi connectivity index (χ4v) is 1.16. The molecule has 0 aliphatic carbocycles. The van der Waals surface area contributed by atoms with Crippen LogP contribution >= 0.6 is 11.6 Å². The van der Waals surface area contributed by atoms with Crippen LogP contribution in [0, 0.1) is 0 Å². The molecule has 1 amide bonds. The second-order valence-electron chi connectivity index (χ2n) is 3.27. The molecule has 2 heterocycles. The predicted octanol–water partition coefficient (Wildman–Crippen LogP) is 1.70. The van der Waals surface area contributed by atoms with Gasteiger partial charge < -0.3 is 4.52 Å². The van der Waals surface area contributed by atoms with Crippen molar-refractivity contribution in [2.75, 3.05) is 5.32 Å². The van der Waals surface area contributed by atoms with Crippen LogP contribution in [0.15, 0.2) is 29.2 Å². The monoisotopic (exact) mass is 252 g/mol. The van der Waals surface area contributed by atoms with Crippen LogP contribution in [-0.4, -0.2) is 26.4 Å². The summed E-state index contributed by atoms with van der Waals surface area (Å²) in [5.74, 6) is -0.128. The average Bonchev–Trinajstić information content (AvgIpc) is 2.78. The second-order valence-corrected chi connectivity index (χ2v) is 3.93. The smallest absolute Gasteiger partial charge is 0.244 e. The molecule has 17 heavy (non-hydrogen) atoms. The minimum Gasteiger partial charge on any atom is -0.338 e. The SMILES string of the molecule is C[C@H](Cl)C(=O)Nc1cc(-c2cnccn2)no1. The summed E-state index contributed by atoms with van der Waals surface area (Å²) in [6.45, 7) is 1.57. The summed E-state index contributed by atoms with van der Waals surface area (Å²) < 4.78 is 4.93. The van der Waals surface area contributed by atoms with E-state index < -0.39 is 5.38 Å². The van der Waals surface area contributed by atoms with Gasteiger partial charge in [0.05, 0.1) is 6.20 Å². The van der Waals surface area contributed by atoms with Crippen LogP contribution < -0.4 is 5.32 Å². The van der Waals surface area contributed by atoms with Crippen LogP contribution in [0.3, 0.4) is 0 Å². The van der Waals surface area contributed by atoms with Gasteiger partial charge in [0.1, 0.15) is 16.8 Å². The quantitative estimate of drug-likeness (QED) is 0.841. The molecule has 88 valence electrons. The fraction of sp³-hybridized carbons (Fsp3) is 0.200. The number of amides is 1. The first-order valence-corrected chi connectivity index (χ1v) is 5.28. The number of hydrogen-bond acceptors (Lipinski definition) is 5. The summed E-state index contributed by atoms with van der Waals surface area (Å²) in [5.41, 5.74) is 1.06. The Bertz CT molecular complexity index is 512. The van der Waals surface area contributed by atoms with Gasteiger partial charge in [-0.05, 0) is 6.92 Å². The first kappa shape index (κ1) is 11.5. The maximum atomic E-state index is 11.3. The van der Waals surface area contributed by atoms with E-state index in [1.54, 1.807) is 31.6 Å². The number of alkyl halides is 1. The van der Waals surface area contributed by atoms with Crippen molar-refractivity contribution in [1.29, 1.82) is 0 Å². The van der Waals surface area contributed by atoms with E-state index >= 15 is 0 Å². The molecule has 0 unspecified atom stereocenters. The largest absolute Gasteiger partial charge is 0.338 e. The zero-order valence-corrected chi connectivity index (χ0v) is 9.68. The van der Waals surface area contributed by atoms with Gasteiger partial charge >= 0.3 is 0 Å². The summed E-state index contributed by atoms with van der Waals surface area (Å²) in [6.07, 6.45) is 4.65. The van der Waals surface area contributed by atoms with Crippen molar-refractivity contribution in [2.24, 2.45) is 0 Å². The highest BCUT2D eigenvalue weighted by atomic mass is 35.5. The van der Waals surface area contributed by atoms with E-state index in [4.69, 9.17) is 16.1 Å². The third-order valence-corrected chi connectivity index (χ3v) is 2.14. The summed E-state index contributed by atoms with van der Waals surface area (Å²) >= 11 is 5.61. The lowest BCUT2D eigenvalue weighted by molar-refractivity contribution is -0.115. The van der Waals surface area contributed by atoms with Gasteiger partial charge in [0.25, 0.3) is 0 Å². The van der Waals surface area contributed by atoms with E-state index in [2.05, 4.69) is 20.4 Å². The lowest BCUT2D eigenvalue weighted by Gasteiger charge is -2.00. The third-order valence-electron chi connectivity index (χ3n) is 1.94. The van der Waals surface area contributed by atoms with Crippen LogP contribution in [0.4, 0.5) is 5.88 Å². The lowest BCUT2D eigenvalue weighted by Crippen LogP contribution is -2.19. The van der Waals surface area contributed by atoms with Crippen molar-refractivity contribution >= 4 is 23.4 Å². The number of nitrogens with zero attached hydrogens (tertiary/aromatic N) is 3. The van der Waals surface area contributed by atoms with Gasteiger partial charge in [-0.25, -0.2) is 0 Å². The molecule has 0 spiro atoms. The van der Waals surface area contributed by atoms with Gasteiger partial charge in [0.15, 0.2) is 0 Å². The number of carbonyl (C=O) groups excluding carboxylic acids is 1. The number of halogens is 1. The Morgan fingerprint density at radius 3 is 2.94 bits per heavy atom. The van der Waals surface area contributed by atoms with E-state index in [1.807, 2.05) is 0 Å². The standard InChI is InChI=1S/C10H9ClN4O2/c1-6(11)10(16)14-9-4-7(15-17-9)8-5-12-2-3-13-8/h2-6H,1H3,(H,14,16)/t6-/m0/s1. The summed E-state index contributed by atoms with van der Waals surface area (Å²) in [6, 6.07) is 1.56. The molecule has 6 nitrogen and oxygen atoms in total. The Morgan fingerprint density at radius 2 is 2.29 bits per heavy atom. The minimum absolute atomic E-state index is 0.225. The first-order chi connectivity index (χ1) is 8.16. The molecule has 2 aromatic heterocycles. The molecule has 0 aromatic carbocycles. The molecule has 0 saturated carbocycles. The zero-order valence-electron chi connectivity index (χ0n) is 8.92. The molecule has 0 saturated heterocycles. The Morgan fingerprint density at radius 1 is 1.47 bits per heavy atom. The topological polar surface area (TPSA) is 80.9 Å². The fourth-order valence-electron chi connectivity index (χ4n) is 1.11. The Hall–Kier alpha value is -1.95. The molecular formula is C10H9ClN4O2. The van der Waals surface area contributed by atoms with Gasteiger partial charge in [0.2, 0.25) is 11.8 Å². The molecule has 7 heteroatoms. The van der Waals surface area contributed by atoms with Gasteiger partial charge in [-0.15, -0.1) is 11.6 Å². The van der Waals surface area contributed by atoms with Crippen LogP contribution in [0.5, 0.6) is 0 Å². The number of carbonyl (C=O) groups is 1. The van der Waals surface area contributed by atoms with E-state index in [9.17, 15) is 4.79 Å². The molecule has 0 fully saturated rings. The van der Waals surface area contributed by atoms with Crippen molar-refractivity contribution in [3.63, 3.8) is 0 Å². The normalized spacial score (nSPS) is 12.1. The van der Waals surface area contributed by atoms with Gasteiger partial charge in [0, 0.05) is 18.5 Å². The Kier molecular flexibility index (Phi) is 3.34. The zero-order chi connectivity index (χ0) is 12.3. The van der Waals surface area contributed by atoms with E-state index in [0.29, 0.717) is 11.4 Å². The van der Waals surface area contributed by atoms with Crippen molar-refractivity contribution < 1.29 is 9.32 Å². The predicted molar refractivity (Wildman–Crippen MR) is 61.5 cm³/mol. The number of nitrogens with one attached hydrogen (secondary N) is 1. The number of anilines is 1. The van der Waals surface area contributed by atoms with E-state index in [1.165, 1.54) is 0 Å². The Labute approximate surface area is 102 Å². The van der Waals surface area contributed by atoms with Crippen LogP contribution in [0.1, 0.15) is 6.92 Å².